The number of benzene rings is 1. The van der Waals surface area contributed by atoms with Crippen LogP contribution in [0.2, 0.25) is 0 Å². The molecule has 0 atom stereocenters. The predicted molar refractivity (Wildman–Crippen MR) is 95.7 cm³/mol. The van der Waals surface area contributed by atoms with Gasteiger partial charge in [-0.15, -0.1) is 0 Å². The minimum absolute atomic E-state index is 0.0413. The molecule has 27 heavy (non-hydrogen) atoms. The molecular formula is C20H25F2N3O2. The van der Waals surface area contributed by atoms with Crippen LogP contribution in [0, 0.1) is 17.0 Å². The highest BCUT2D eigenvalue weighted by Crippen LogP contribution is 2.41. The van der Waals surface area contributed by atoms with Crippen LogP contribution in [0.15, 0.2) is 18.2 Å². The Hall–Kier alpha value is -2.02. The second-order valence-corrected chi connectivity index (χ2v) is 8.32. The van der Waals surface area contributed by atoms with E-state index in [0.717, 1.165) is 44.8 Å². The third-order valence-corrected chi connectivity index (χ3v) is 5.93. The maximum Gasteiger partial charge on any atom is 0.234 e. The van der Waals surface area contributed by atoms with Gasteiger partial charge in [-0.1, -0.05) is 0 Å². The quantitative estimate of drug-likeness (QED) is 0.855. The highest BCUT2D eigenvalue weighted by atomic mass is 19.1. The number of hydrogen-bond donors (Lipinski definition) is 1. The number of carbonyl (C=O) groups excluding carboxylic acids is 2. The molecule has 5 nitrogen and oxygen atoms in total. The van der Waals surface area contributed by atoms with Crippen molar-refractivity contribution in [3.63, 3.8) is 0 Å². The van der Waals surface area contributed by atoms with Crippen molar-refractivity contribution in [2.24, 2.45) is 5.41 Å². The molecule has 2 amide bonds. The summed E-state index contributed by atoms with van der Waals surface area (Å²) < 4.78 is 26.8. The number of amides is 2. The number of halogens is 2. The molecule has 1 saturated carbocycles. The molecule has 1 N–H and O–H groups in total. The van der Waals surface area contributed by atoms with Gasteiger partial charge in [0, 0.05) is 31.6 Å². The van der Waals surface area contributed by atoms with Crippen LogP contribution < -0.4 is 5.32 Å². The van der Waals surface area contributed by atoms with Gasteiger partial charge in [0.1, 0.15) is 11.6 Å². The van der Waals surface area contributed by atoms with Crippen molar-refractivity contribution in [3.05, 3.63) is 35.4 Å². The molecule has 2 aliphatic heterocycles. The topological polar surface area (TPSA) is 52.7 Å². The fraction of sp³-hybridized carbons (Fsp3) is 0.600. The van der Waals surface area contributed by atoms with Gasteiger partial charge in [0.05, 0.1) is 6.54 Å². The molecule has 0 radical (unpaired) electrons. The summed E-state index contributed by atoms with van der Waals surface area (Å²) in [6.45, 7) is 2.88. The van der Waals surface area contributed by atoms with Crippen molar-refractivity contribution in [2.75, 3.05) is 26.2 Å². The van der Waals surface area contributed by atoms with Gasteiger partial charge in [0.15, 0.2) is 0 Å². The largest absolute Gasteiger partial charge is 0.352 e. The fourth-order valence-electron chi connectivity index (χ4n) is 4.27. The van der Waals surface area contributed by atoms with Gasteiger partial charge in [-0.05, 0) is 61.9 Å². The van der Waals surface area contributed by atoms with Gasteiger partial charge in [-0.3, -0.25) is 14.5 Å². The van der Waals surface area contributed by atoms with E-state index in [9.17, 15) is 18.4 Å². The molecule has 3 fully saturated rings. The Morgan fingerprint density at radius 1 is 1.15 bits per heavy atom. The van der Waals surface area contributed by atoms with E-state index >= 15 is 0 Å². The van der Waals surface area contributed by atoms with Crippen molar-refractivity contribution >= 4 is 11.8 Å². The van der Waals surface area contributed by atoms with Crippen LogP contribution in [0.3, 0.4) is 0 Å². The van der Waals surface area contributed by atoms with Crippen molar-refractivity contribution in [2.45, 2.75) is 44.7 Å². The Balaban J connectivity index is 1.31. The highest BCUT2D eigenvalue weighted by molar-refractivity contribution is 5.80. The van der Waals surface area contributed by atoms with Crippen LogP contribution in [0.25, 0.3) is 0 Å². The molecule has 4 rings (SSSR count). The van der Waals surface area contributed by atoms with Crippen LogP contribution >= 0.6 is 0 Å². The van der Waals surface area contributed by atoms with E-state index in [4.69, 9.17) is 0 Å². The summed E-state index contributed by atoms with van der Waals surface area (Å²) in [5.74, 6) is -1.11. The molecule has 1 spiro atoms. The maximum absolute atomic E-state index is 13.4. The van der Waals surface area contributed by atoms with Crippen LogP contribution in [-0.2, 0) is 16.1 Å². The van der Waals surface area contributed by atoms with Crippen LogP contribution in [0.5, 0.6) is 0 Å². The predicted octanol–water partition coefficient (Wildman–Crippen LogP) is 2.06. The molecule has 0 unspecified atom stereocenters. The van der Waals surface area contributed by atoms with E-state index in [1.165, 1.54) is 12.1 Å². The van der Waals surface area contributed by atoms with E-state index in [-0.39, 0.29) is 23.8 Å². The molecule has 3 aliphatic rings. The zero-order valence-corrected chi connectivity index (χ0v) is 15.3. The number of rotatable bonds is 5. The van der Waals surface area contributed by atoms with E-state index in [1.54, 1.807) is 4.90 Å². The number of piperidine rings is 1. The first kappa shape index (κ1) is 18.3. The van der Waals surface area contributed by atoms with E-state index in [0.29, 0.717) is 31.1 Å². The molecule has 7 heteroatoms. The van der Waals surface area contributed by atoms with Gasteiger partial charge in [0.2, 0.25) is 11.8 Å². The number of hydrogen-bond acceptors (Lipinski definition) is 3. The van der Waals surface area contributed by atoms with Gasteiger partial charge >= 0.3 is 0 Å². The molecule has 1 aliphatic carbocycles. The zero-order valence-electron chi connectivity index (χ0n) is 15.3. The molecule has 146 valence electrons. The van der Waals surface area contributed by atoms with Crippen molar-refractivity contribution in [1.29, 1.82) is 0 Å². The molecular weight excluding hydrogens is 352 g/mol. The first-order chi connectivity index (χ1) is 12.9. The van der Waals surface area contributed by atoms with Gasteiger partial charge < -0.3 is 10.2 Å². The Labute approximate surface area is 157 Å². The lowest BCUT2D eigenvalue weighted by atomic mass is 9.77. The number of nitrogens with zero attached hydrogens (tertiary/aromatic N) is 2. The van der Waals surface area contributed by atoms with Crippen LogP contribution in [0.4, 0.5) is 8.78 Å². The van der Waals surface area contributed by atoms with E-state index in [2.05, 4.69) is 10.2 Å². The first-order valence-corrected chi connectivity index (χ1v) is 9.65. The van der Waals surface area contributed by atoms with Crippen molar-refractivity contribution < 1.29 is 18.4 Å². The first-order valence-electron chi connectivity index (χ1n) is 9.65. The SMILES string of the molecule is O=C(CN1CCC2(CC1)CC(=O)N(Cc1cc(F)cc(F)c1)C2)NC1CC1. The second kappa shape index (κ2) is 7.19. The average Bonchev–Trinajstić information content (AvgIpc) is 3.34. The minimum atomic E-state index is -0.621. The normalized spacial score (nSPS) is 22.4. The van der Waals surface area contributed by atoms with Gasteiger partial charge in [-0.2, -0.15) is 0 Å². The third-order valence-electron chi connectivity index (χ3n) is 5.93. The van der Waals surface area contributed by atoms with Crippen LogP contribution in [-0.4, -0.2) is 53.8 Å². The Morgan fingerprint density at radius 2 is 1.81 bits per heavy atom. The third kappa shape index (κ3) is 4.46. The average molecular weight is 377 g/mol. The number of nitrogens with one attached hydrogen (secondary N) is 1. The summed E-state index contributed by atoms with van der Waals surface area (Å²) in [4.78, 5) is 28.3. The summed E-state index contributed by atoms with van der Waals surface area (Å²) in [5, 5.41) is 3.01. The standard InChI is InChI=1S/C20H25F2N3O2/c21-15-7-14(8-16(22)9-15)11-25-13-20(10-19(25)27)3-5-24(6-4-20)12-18(26)23-17-1-2-17/h7-9,17H,1-6,10-13H2,(H,23,26). The molecule has 2 heterocycles. The van der Waals surface area contributed by atoms with Crippen molar-refractivity contribution in [3.8, 4) is 0 Å². The maximum atomic E-state index is 13.4. The van der Waals surface area contributed by atoms with Gasteiger partial charge in [-0.25, -0.2) is 8.78 Å². The fourth-order valence-corrected chi connectivity index (χ4v) is 4.27. The van der Waals surface area contributed by atoms with E-state index in [1.807, 2.05) is 0 Å². The summed E-state index contributed by atoms with van der Waals surface area (Å²) in [6.07, 6.45) is 4.38. The summed E-state index contributed by atoms with van der Waals surface area (Å²) in [7, 11) is 0. The molecule has 1 aromatic rings. The lowest BCUT2D eigenvalue weighted by Gasteiger charge is -2.38. The summed E-state index contributed by atoms with van der Waals surface area (Å²) >= 11 is 0. The lowest BCUT2D eigenvalue weighted by molar-refractivity contribution is -0.128. The monoisotopic (exact) mass is 377 g/mol. The Bertz CT molecular complexity index is 722. The second-order valence-electron chi connectivity index (χ2n) is 8.32. The lowest BCUT2D eigenvalue weighted by Crippen LogP contribution is -2.45. The number of carbonyl (C=O) groups is 2. The minimum Gasteiger partial charge on any atom is -0.352 e. The molecule has 1 aromatic carbocycles. The Kier molecular flexibility index (Phi) is 4.88. The summed E-state index contributed by atoms with van der Waals surface area (Å²) in [6, 6.07) is 3.78. The summed E-state index contributed by atoms with van der Waals surface area (Å²) in [5.41, 5.74) is 0.402. The van der Waals surface area contributed by atoms with E-state index < -0.39 is 11.6 Å². The van der Waals surface area contributed by atoms with Crippen molar-refractivity contribution in [1.82, 2.24) is 15.1 Å². The molecule has 2 saturated heterocycles. The number of likely N-dealkylation sites (tertiary alicyclic amines) is 2. The highest BCUT2D eigenvalue weighted by Gasteiger charge is 2.44. The van der Waals surface area contributed by atoms with Crippen LogP contribution in [0.1, 0.15) is 37.7 Å². The smallest absolute Gasteiger partial charge is 0.234 e. The molecule has 0 aromatic heterocycles. The Morgan fingerprint density at radius 3 is 2.44 bits per heavy atom. The zero-order chi connectivity index (χ0) is 19.0. The van der Waals surface area contributed by atoms with Gasteiger partial charge in [0.25, 0.3) is 0 Å². The molecule has 0 bridgehead atoms.